The van der Waals surface area contributed by atoms with Crippen LogP contribution in [0.15, 0.2) is 51.7 Å². The number of thiazole rings is 1. The van der Waals surface area contributed by atoms with Gasteiger partial charge in [0.05, 0.1) is 24.4 Å². The van der Waals surface area contributed by atoms with Gasteiger partial charge in [-0.2, -0.15) is 0 Å². The molecule has 1 fully saturated rings. The van der Waals surface area contributed by atoms with E-state index >= 15 is 0 Å². The number of aromatic nitrogens is 1. The van der Waals surface area contributed by atoms with Gasteiger partial charge in [-0.05, 0) is 37.3 Å². The number of aryl methyl sites for hydroxylation is 1. The molecule has 1 amide bonds. The van der Waals surface area contributed by atoms with Crippen molar-refractivity contribution in [2.75, 3.05) is 19.7 Å². The Balaban J connectivity index is 1.43. The third-order valence-corrected chi connectivity index (χ3v) is 5.02. The van der Waals surface area contributed by atoms with Crippen LogP contribution < -0.4 is 4.74 Å². The lowest BCUT2D eigenvalue weighted by Gasteiger charge is -2.32. The van der Waals surface area contributed by atoms with Crippen LogP contribution in [0.1, 0.15) is 33.7 Å². The molecule has 1 aliphatic rings. The van der Waals surface area contributed by atoms with E-state index < -0.39 is 0 Å². The van der Waals surface area contributed by atoms with Crippen LogP contribution in [0.25, 0.3) is 0 Å². The van der Waals surface area contributed by atoms with Gasteiger partial charge in [0.2, 0.25) is 0 Å². The van der Waals surface area contributed by atoms with E-state index in [1.165, 1.54) is 11.3 Å². The molecule has 4 rings (SSSR count). The standard InChI is InChI=1S/C20H20N2O4S/c1-14-5-6-18(26-14)19-10-22(7-8-24-19)20(23)15-3-2-4-17(9-15)25-11-16-12-27-13-21-16/h2-6,9,12-13,19H,7-8,10-11H2,1H3/t19-/m1/s1. The van der Waals surface area contributed by atoms with Crippen LogP contribution in [-0.4, -0.2) is 35.5 Å². The SMILES string of the molecule is Cc1ccc([C@H]2CN(C(=O)c3cccc(OCc4cscn4)c3)CCO2)o1. The van der Waals surface area contributed by atoms with Gasteiger partial charge in [0, 0.05) is 17.5 Å². The van der Waals surface area contributed by atoms with E-state index in [4.69, 9.17) is 13.9 Å². The molecule has 2 aromatic heterocycles. The van der Waals surface area contributed by atoms with Gasteiger partial charge < -0.3 is 18.8 Å². The highest BCUT2D eigenvalue weighted by molar-refractivity contribution is 7.07. The predicted molar refractivity (Wildman–Crippen MR) is 101 cm³/mol. The number of hydrogen-bond acceptors (Lipinski definition) is 6. The molecule has 7 heteroatoms. The Morgan fingerprint density at radius 2 is 2.30 bits per heavy atom. The summed E-state index contributed by atoms with van der Waals surface area (Å²) in [6.45, 7) is 3.79. The smallest absolute Gasteiger partial charge is 0.254 e. The Morgan fingerprint density at radius 1 is 1.37 bits per heavy atom. The van der Waals surface area contributed by atoms with Crippen LogP contribution in [0.4, 0.5) is 0 Å². The first-order chi connectivity index (χ1) is 13.2. The Bertz CT molecular complexity index is 906. The van der Waals surface area contributed by atoms with Crippen LogP contribution in [0.2, 0.25) is 0 Å². The maximum absolute atomic E-state index is 12.9. The third kappa shape index (κ3) is 4.20. The van der Waals surface area contributed by atoms with Crippen LogP contribution in [-0.2, 0) is 11.3 Å². The topological polar surface area (TPSA) is 64.8 Å². The Morgan fingerprint density at radius 3 is 3.07 bits per heavy atom. The molecule has 1 aromatic carbocycles. The number of hydrogen-bond donors (Lipinski definition) is 0. The number of furan rings is 1. The third-order valence-electron chi connectivity index (χ3n) is 4.38. The molecular formula is C20H20N2O4S. The van der Waals surface area contributed by atoms with Gasteiger partial charge in [0.25, 0.3) is 5.91 Å². The molecule has 1 aliphatic heterocycles. The highest BCUT2D eigenvalue weighted by atomic mass is 32.1. The largest absolute Gasteiger partial charge is 0.487 e. The summed E-state index contributed by atoms with van der Waals surface area (Å²) < 4.78 is 17.2. The average Bonchev–Trinajstić information content (AvgIpc) is 3.38. The van der Waals surface area contributed by atoms with Gasteiger partial charge in [-0.1, -0.05) is 6.07 Å². The van der Waals surface area contributed by atoms with E-state index in [2.05, 4.69) is 4.98 Å². The number of benzene rings is 1. The summed E-state index contributed by atoms with van der Waals surface area (Å²) in [5.41, 5.74) is 3.25. The molecule has 27 heavy (non-hydrogen) atoms. The van der Waals surface area contributed by atoms with E-state index in [9.17, 15) is 4.79 Å². The van der Waals surface area contributed by atoms with Crippen molar-refractivity contribution >= 4 is 17.2 Å². The summed E-state index contributed by atoms with van der Waals surface area (Å²) in [5, 5.41) is 1.94. The van der Waals surface area contributed by atoms with Gasteiger partial charge >= 0.3 is 0 Å². The Labute approximate surface area is 161 Å². The first kappa shape index (κ1) is 17.8. The number of carbonyl (C=O) groups excluding carboxylic acids is 1. The molecule has 3 heterocycles. The second kappa shape index (κ2) is 7.94. The first-order valence-corrected chi connectivity index (χ1v) is 9.70. The molecule has 0 aliphatic carbocycles. The Kier molecular flexibility index (Phi) is 5.22. The van der Waals surface area contributed by atoms with Gasteiger partial charge in [-0.3, -0.25) is 4.79 Å². The maximum Gasteiger partial charge on any atom is 0.254 e. The van der Waals surface area contributed by atoms with Crippen molar-refractivity contribution in [2.24, 2.45) is 0 Å². The number of rotatable bonds is 5. The summed E-state index contributed by atoms with van der Waals surface area (Å²) in [5.74, 6) is 2.21. The molecule has 0 spiro atoms. The molecule has 0 unspecified atom stereocenters. The second-order valence-corrected chi connectivity index (χ2v) is 7.07. The molecule has 1 saturated heterocycles. The lowest BCUT2D eigenvalue weighted by Crippen LogP contribution is -2.42. The monoisotopic (exact) mass is 384 g/mol. The lowest BCUT2D eigenvalue weighted by molar-refractivity contribution is -0.0324. The van der Waals surface area contributed by atoms with Crippen molar-refractivity contribution in [3.05, 3.63) is 70.1 Å². The van der Waals surface area contributed by atoms with E-state index in [0.717, 1.165) is 17.2 Å². The molecule has 1 atom stereocenters. The van der Waals surface area contributed by atoms with Crippen LogP contribution in [0, 0.1) is 6.92 Å². The van der Waals surface area contributed by atoms with Crippen LogP contribution >= 0.6 is 11.3 Å². The molecule has 140 valence electrons. The van der Waals surface area contributed by atoms with Gasteiger partial charge in [-0.15, -0.1) is 11.3 Å². The van der Waals surface area contributed by atoms with Crippen molar-refractivity contribution < 1.29 is 18.7 Å². The lowest BCUT2D eigenvalue weighted by atomic mass is 10.1. The van der Waals surface area contributed by atoms with Crippen LogP contribution in [0.5, 0.6) is 5.75 Å². The van der Waals surface area contributed by atoms with E-state index in [1.54, 1.807) is 22.5 Å². The highest BCUT2D eigenvalue weighted by Crippen LogP contribution is 2.25. The molecule has 0 radical (unpaired) electrons. The summed E-state index contributed by atoms with van der Waals surface area (Å²) in [7, 11) is 0. The number of morpholine rings is 1. The minimum Gasteiger partial charge on any atom is -0.487 e. The summed E-state index contributed by atoms with van der Waals surface area (Å²) in [4.78, 5) is 18.9. The van der Waals surface area contributed by atoms with E-state index in [1.807, 2.05) is 36.6 Å². The van der Waals surface area contributed by atoms with Crippen LogP contribution in [0.3, 0.4) is 0 Å². The zero-order valence-electron chi connectivity index (χ0n) is 15.0. The molecule has 0 N–H and O–H groups in total. The summed E-state index contributed by atoms with van der Waals surface area (Å²) in [6.07, 6.45) is -0.236. The minimum atomic E-state index is -0.236. The highest BCUT2D eigenvalue weighted by Gasteiger charge is 2.28. The molecule has 0 bridgehead atoms. The summed E-state index contributed by atoms with van der Waals surface area (Å²) >= 11 is 1.53. The first-order valence-electron chi connectivity index (χ1n) is 8.76. The Hall–Kier alpha value is -2.64. The number of amides is 1. The van der Waals surface area contributed by atoms with Crippen molar-refractivity contribution in [3.8, 4) is 5.75 Å². The fourth-order valence-corrected chi connectivity index (χ4v) is 3.54. The second-order valence-electron chi connectivity index (χ2n) is 6.36. The molecule has 6 nitrogen and oxygen atoms in total. The quantitative estimate of drug-likeness (QED) is 0.669. The molecular weight excluding hydrogens is 364 g/mol. The van der Waals surface area contributed by atoms with Crippen molar-refractivity contribution in [3.63, 3.8) is 0 Å². The number of nitrogens with zero attached hydrogens (tertiary/aromatic N) is 2. The number of carbonyl (C=O) groups is 1. The van der Waals surface area contributed by atoms with Gasteiger partial charge in [0.1, 0.15) is 30.0 Å². The van der Waals surface area contributed by atoms with Gasteiger partial charge in [0.15, 0.2) is 0 Å². The van der Waals surface area contributed by atoms with E-state index in [-0.39, 0.29) is 12.0 Å². The zero-order valence-corrected chi connectivity index (χ0v) is 15.8. The minimum absolute atomic E-state index is 0.0364. The van der Waals surface area contributed by atoms with Gasteiger partial charge in [-0.25, -0.2) is 4.98 Å². The van der Waals surface area contributed by atoms with Crippen molar-refractivity contribution in [1.82, 2.24) is 9.88 Å². The summed E-state index contributed by atoms with van der Waals surface area (Å²) in [6, 6.07) is 11.1. The predicted octanol–water partition coefficient (Wildman–Crippen LogP) is 3.84. The fourth-order valence-electron chi connectivity index (χ4n) is 3.00. The maximum atomic E-state index is 12.9. The molecule has 3 aromatic rings. The number of ether oxygens (including phenoxy) is 2. The average molecular weight is 384 g/mol. The fraction of sp³-hybridized carbons (Fsp3) is 0.300. The normalized spacial score (nSPS) is 17.1. The van der Waals surface area contributed by atoms with Crippen molar-refractivity contribution in [2.45, 2.75) is 19.6 Å². The molecule has 0 saturated carbocycles. The van der Waals surface area contributed by atoms with E-state index in [0.29, 0.717) is 37.6 Å². The zero-order chi connectivity index (χ0) is 18.6. The van der Waals surface area contributed by atoms with Crippen molar-refractivity contribution in [1.29, 1.82) is 0 Å².